The third-order valence-electron chi connectivity index (χ3n) is 13.6. The first-order valence-electron chi connectivity index (χ1n) is 23.3. The number of nitrogens with zero attached hydrogens (tertiary/aromatic N) is 1. The fraction of sp³-hybridized carbons (Fsp3) is 0. The molecule has 1 aliphatic rings. The van der Waals surface area contributed by atoms with E-state index in [1.807, 2.05) is 6.07 Å². The van der Waals surface area contributed by atoms with Crippen LogP contribution >= 0.6 is 0 Å². The second kappa shape index (κ2) is 16.5. The van der Waals surface area contributed by atoms with Crippen molar-refractivity contribution in [3.05, 3.63) is 255 Å². The van der Waals surface area contributed by atoms with Crippen LogP contribution in [0.4, 0.5) is 17.1 Å². The van der Waals surface area contributed by atoms with Crippen molar-refractivity contribution in [2.45, 2.75) is 0 Å². The molecule has 1 aliphatic heterocycles. The van der Waals surface area contributed by atoms with E-state index in [-0.39, 0.29) is 6.71 Å². The molecule has 318 valence electrons. The summed E-state index contributed by atoms with van der Waals surface area (Å²) < 4.78 is 13.5. The van der Waals surface area contributed by atoms with Gasteiger partial charge < -0.3 is 14.1 Å². The number of para-hydroxylation sites is 4. The number of hydrogen-bond donors (Lipinski definition) is 0. The maximum absolute atomic E-state index is 6.82. The van der Waals surface area contributed by atoms with Crippen LogP contribution in [0, 0.1) is 0 Å². The zero-order chi connectivity index (χ0) is 45.0. The van der Waals surface area contributed by atoms with E-state index in [0.717, 1.165) is 89.0 Å². The molecule has 0 saturated heterocycles. The topological polar surface area (TPSA) is 25.6 Å². The van der Waals surface area contributed by atoms with E-state index in [4.69, 9.17) is 9.15 Å². The van der Waals surface area contributed by atoms with E-state index < -0.39 is 0 Å². The highest BCUT2D eigenvalue weighted by molar-refractivity contribution is 6.97. The van der Waals surface area contributed by atoms with E-state index in [9.17, 15) is 0 Å². The van der Waals surface area contributed by atoms with Gasteiger partial charge in [-0.25, -0.2) is 0 Å². The lowest BCUT2D eigenvalue weighted by atomic mass is 9.35. The molecule has 0 saturated carbocycles. The summed E-state index contributed by atoms with van der Waals surface area (Å²) >= 11 is 0. The molecule has 0 fully saturated rings. The molecule has 68 heavy (non-hydrogen) atoms. The molecule has 0 amide bonds. The van der Waals surface area contributed by atoms with Crippen molar-refractivity contribution in [2.24, 2.45) is 0 Å². The molecule has 0 radical (unpaired) electrons. The van der Waals surface area contributed by atoms with Gasteiger partial charge >= 0.3 is 0 Å². The van der Waals surface area contributed by atoms with Gasteiger partial charge in [-0.2, -0.15) is 0 Å². The maximum Gasteiger partial charge on any atom is 0.246 e. The largest absolute Gasteiger partial charge is 0.457 e. The smallest absolute Gasteiger partial charge is 0.246 e. The molecule has 12 aromatic rings. The maximum atomic E-state index is 6.82. The standard InChI is InChI=1S/C64H42BNO2/c1-4-16-44(17-5-1)52-22-10-12-26-58(52)65(59-27-14-25-57-53-23-11-13-28-60(53)68-64(57)59)47-35-30-45(31-36-47)51-40-41-56-54-39-34-46(42-62(54)67-61-29-15-24-55(51)63(56)61)43-32-37-50(38-33-43)66(48-18-6-2-7-19-48)49-20-8-3-9-21-49/h1-42H. The van der Waals surface area contributed by atoms with Crippen LogP contribution in [0.25, 0.3) is 77.2 Å². The van der Waals surface area contributed by atoms with Crippen LogP contribution in [0.3, 0.4) is 0 Å². The molecule has 0 unspecified atom stereocenters. The molecule has 0 N–H and O–H groups in total. The van der Waals surface area contributed by atoms with E-state index in [2.05, 4.69) is 254 Å². The highest BCUT2D eigenvalue weighted by atomic mass is 16.5. The first-order chi connectivity index (χ1) is 33.7. The fourth-order valence-electron chi connectivity index (χ4n) is 10.5. The van der Waals surface area contributed by atoms with Crippen LogP contribution < -0.4 is 26.0 Å². The molecule has 11 aromatic carbocycles. The highest BCUT2D eigenvalue weighted by Crippen LogP contribution is 2.49. The molecule has 0 atom stereocenters. The van der Waals surface area contributed by atoms with Crippen molar-refractivity contribution in [1.29, 1.82) is 0 Å². The van der Waals surface area contributed by atoms with Crippen LogP contribution in [0.15, 0.2) is 259 Å². The summed E-state index contributed by atoms with van der Waals surface area (Å²) in [5.74, 6) is 1.73. The van der Waals surface area contributed by atoms with E-state index in [1.54, 1.807) is 0 Å². The number of anilines is 3. The zero-order valence-electron chi connectivity index (χ0n) is 37.1. The fourth-order valence-corrected chi connectivity index (χ4v) is 10.5. The summed E-state index contributed by atoms with van der Waals surface area (Å²) in [7, 11) is 0. The zero-order valence-corrected chi connectivity index (χ0v) is 37.1. The van der Waals surface area contributed by atoms with Crippen molar-refractivity contribution < 1.29 is 9.15 Å². The minimum absolute atomic E-state index is 0.0907. The van der Waals surface area contributed by atoms with E-state index in [0.29, 0.717) is 0 Å². The summed E-state index contributed by atoms with van der Waals surface area (Å²) in [6.07, 6.45) is 0. The van der Waals surface area contributed by atoms with Crippen LogP contribution in [-0.4, -0.2) is 6.71 Å². The molecule has 1 aromatic heterocycles. The second-order valence-electron chi connectivity index (χ2n) is 17.5. The lowest BCUT2D eigenvalue weighted by Gasteiger charge is -2.25. The lowest BCUT2D eigenvalue weighted by Crippen LogP contribution is -2.52. The number of rotatable bonds is 9. The molecule has 0 spiro atoms. The number of fused-ring (bicyclic) bond motifs is 5. The Balaban J connectivity index is 0.857. The van der Waals surface area contributed by atoms with Gasteiger partial charge in [-0.05, 0) is 110 Å². The van der Waals surface area contributed by atoms with Crippen molar-refractivity contribution in [3.63, 3.8) is 0 Å². The molecular formula is C64H42BNO2. The number of ether oxygens (including phenoxy) is 1. The summed E-state index contributed by atoms with van der Waals surface area (Å²) in [5, 5.41) is 4.55. The van der Waals surface area contributed by atoms with Crippen LogP contribution in [0.5, 0.6) is 11.5 Å². The highest BCUT2D eigenvalue weighted by Gasteiger charge is 2.29. The van der Waals surface area contributed by atoms with Gasteiger partial charge in [0.25, 0.3) is 0 Å². The van der Waals surface area contributed by atoms with Crippen LogP contribution in [-0.2, 0) is 0 Å². The predicted octanol–water partition coefficient (Wildman–Crippen LogP) is 15.5. The van der Waals surface area contributed by atoms with Gasteiger partial charge in [0.15, 0.2) is 0 Å². The Kier molecular flexibility index (Phi) is 9.61. The normalized spacial score (nSPS) is 11.6. The predicted molar refractivity (Wildman–Crippen MR) is 285 cm³/mol. The van der Waals surface area contributed by atoms with Crippen LogP contribution in [0.2, 0.25) is 0 Å². The van der Waals surface area contributed by atoms with Crippen molar-refractivity contribution in [3.8, 4) is 56.0 Å². The van der Waals surface area contributed by atoms with Crippen molar-refractivity contribution >= 4 is 72.9 Å². The molecule has 0 aliphatic carbocycles. The first kappa shape index (κ1) is 39.5. The Bertz CT molecular complexity index is 3770. The molecule has 13 rings (SSSR count). The van der Waals surface area contributed by atoms with Crippen LogP contribution in [0.1, 0.15) is 0 Å². The van der Waals surface area contributed by atoms with Crippen molar-refractivity contribution in [2.75, 3.05) is 4.90 Å². The van der Waals surface area contributed by atoms with Gasteiger partial charge in [0.1, 0.15) is 22.7 Å². The monoisotopic (exact) mass is 867 g/mol. The van der Waals surface area contributed by atoms with E-state index >= 15 is 0 Å². The third kappa shape index (κ3) is 6.77. The summed E-state index contributed by atoms with van der Waals surface area (Å²) in [6, 6.07) is 91.1. The molecular weight excluding hydrogens is 826 g/mol. The average molecular weight is 868 g/mol. The summed E-state index contributed by atoms with van der Waals surface area (Å²) in [5.41, 5.74) is 17.9. The minimum atomic E-state index is -0.0907. The van der Waals surface area contributed by atoms with Gasteiger partial charge in [-0.15, -0.1) is 0 Å². The number of hydrogen-bond acceptors (Lipinski definition) is 3. The Morgan fingerprint density at radius 1 is 0.324 bits per heavy atom. The average Bonchev–Trinajstić information content (AvgIpc) is 3.80. The number of benzene rings is 11. The van der Waals surface area contributed by atoms with Gasteiger partial charge in [-0.1, -0.05) is 205 Å². The minimum Gasteiger partial charge on any atom is -0.457 e. The molecule has 2 heterocycles. The Morgan fingerprint density at radius 2 is 0.882 bits per heavy atom. The Morgan fingerprint density at radius 3 is 1.66 bits per heavy atom. The van der Waals surface area contributed by atoms with Gasteiger partial charge in [0.2, 0.25) is 6.71 Å². The quantitative estimate of drug-likeness (QED) is 0.135. The summed E-state index contributed by atoms with van der Waals surface area (Å²) in [6.45, 7) is -0.0907. The number of furan rings is 1. The Labute approximate surface area is 395 Å². The summed E-state index contributed by atoms with van der Waals surface area (Å²) in [4.78, 5) is 2.29. The molecule has 4 heteroatoms. The van der Waals surface area contributed by atoms with Gasteiger partial charge in [0, 0.05) is 38.8 Å². The first-order valence-corrected chi connectivity index (χ1v) is 23.3. The Hall–Kier alpha value is -8.86. The molecule has 3 nitrogen and oxygen atoms in total. The lowest BCUT2D eigenvalue weighted by molar-refractivity contribution is 0.487. The third-order valence-corrected chi connectivity index (χ3v) is 13.6. The van der Waals surface area contributed by atoms with E-state index in [1.165, 1.54) is 33.2 Å². The van der Waals surface area contributed by atoms with Crippen molar-refractivity contribution in [1.82, 2.24) is 0 Å². The second-order valence-corrected chi connectivity index (χ2v) is 17.5. The van der Waals surface area contributed by atoms with Gasteiger partial charge in [0.05, 0.1) is 0 Å². The van der Waals surface area contributed by atoms with Gasteiger partial charge in [-0.3, -0.25) is 0 Å². The molecule has 0 bridgehead atoms. The SMILES string of the molecule is c1ccc(-c2ccccc2B(c2ccc(-c3ccc4c5c(cccc35)Oc3cc(-c5ccc(N(c6ccccc6)c6ccccc6)cc5)ccc3-4)cc2)c2cccc3c2oc2ccccc23)cc1.